The van der Waals surface area contributed by atoms with Crippen LogP contribution < -0.4 is 16.0 Å². The van der Waals surface area contributed by atoms with Crippen LogP contribution in [0.1, 0.15) is 5.56 Å². The first kappa shape index (κ1) is 15.8. The van der Waals surface area contributed by atoms with Crippen molar-refractivity contribution in [2.45, 2.75) is 6.54 Å². The normalized spacial score (nSPS) is 17.7. The summed E-state index contributed by atoms with van der Waals surface area (Å²) in [6, 6.07) is 3.20. The Morgan fingerprint density at radius 1 is 1.12 bits per heavy atom. The van der Waals surface area contributed by atoms with Crippen molar-refractivity contribution in [3.8, 4) is 0 Å². The molecule has 2 aromatic rings. The van der Waals surface area contributed by atoms with E-state index in [4.69, 9.17) is 0 Å². The second kappa shape index (κ2) is 7.06. The second-order valence-electron chi connectivity index (χ2n) is 6.13. The molecule has 0 atom stereocenters. The number of halogens is 1. The Balaban J connectivity index is 1.51. The van der Waals surface area contributed by atoms with E-state index in [9.17, 15) is 4.39 Å². The first-order chi connectivity index (χ1) is 12.3. The molecule has 1 fully saturated rings. The third-order valence-corrected chi connectivity index (χ3v) is 4.50. The number of benzene rings is 1. The van der Waals surface area contributed by atoms with Crippen molar-refractivity contribution in [3.63, 3.8) is 0 Å². The Bertz CT molecular complexity index is 825. The van der Waals surface area contributed by atoms with Crippen LogP contribution in [0, 0.1) is 5.82 Å². The molecule has 3 heterocycles. The summed E-state index contributed by atoms with van der Waals surface area (Å²) in [5.41, 5.74) is 4.03. The van der Waals surface area contributed by atoms with Crippen LogP contribution in [0.5, 0.6) is 0 Å². The van der Waals surface area contributed by atoms with Crippen molar-refractivity contribution in [3.05, 3.63) is 59.6 Å². The minimum absolute atomic E-state index is 0.266. The number of piperazine rings is 1. The molecule has 0 aliphatic carbocycles. The van der Waals surface area contributed by atoms with Gasteiger partial charge in [-0.3, -0.25) is 9.97 Å². The molecule has 3 N–H and O–H groups in total. The highest BCUT2D eigenvalue weighted by molar-refractivity contribution is 5.74. The van der Waals surface area contributed by atoms with Gasteiger partial charge in [-0.2, -0.15) is 0 Å². The van der Waals surface area contributed by atoms with Crippen molar-refractivity contribution >= 4 is 11.0 Å². The van der Waals surface area contributed by atoms with Crippen LogP contribution >= 0.6 is 0 Å². The standard InChI is InChI=1S/C18H21FN6/c19-14-10-16-15(22-3-4-23-16)9-13(14)11-24-17-12-21-2-1-18(17)25-7-5-20-6-8-25/h1,3-4,9-10,12,20-21,24H,2,5-8,11H2. The van der Waals surface area contributed by atoms with Gasteiger partial charge >= 0.3 is 0 Å². The lowest BCUT2D eigenvalue weighted by molar-refractivity contribution is 0.298. The number of hydrogen-bond acceptors (Lipinski definition) is 6. The van der Waals surface area contributed by atoms with Gasteiger partial charge < -0.3 is 20.9 Å². The van der Waals surface area contributed by atoms with E-state index in [0.29, 0.717) is 23.1 Å². The summed E-state index contributed by atoms with van der Waals surface area (Å²) < 4.78 is 14.3. The van der Waals surface area contributed by atoms with Gasteiger partial charge in [-0.25, -0.2) is 4.39 Å². The molecule has 0 saturated carbocycles. The van der Waals surface area contributed by atoms with Crippen LogP contribution in [-0.4, -0.2) is 47.6 Å². The van der Waals surface area contributed by atoms with E-state index in [-0.39, 0.29) is 5.82 Å². The first-order valence-electron chi connectivity index (χ1n) is 8.54. The monoisotopic (exact) mass is 340 g/mol. The van der Waals surface area contributed by atoms with E-state index < -0.39 is 0 Å². The minimum atomic E-state index is -0.266. The Hall–Kier alpha value is -2.67. The van der Waals surface area contributed by atoms with E-state index in [0.717, 1.165) is 38.4 Å². The lowest BCUT2D eigenvalue weighted by atomic mass is 10.1. The van der Waals surface area contributed by atoms with Gasteiger partial charge in [0.2, 0.25) is 0 Å². The van der Waals surface area contributed by atoms with Crippen LogP contribution in [0.15, 0.2) is 48.2 Å². The molecular formula is C18H21FN6. The Morgan fingerprint density at radius 3 is 2.68 bits per heavy atom. The van der Waals surface area contributed by atoms with Gasteiger partial charge in [-0.15, -0.1) is 0 Å². The molecule has 1 aromatic carbocycles. The smallest absolute Gasteiger partial charge is 0.130 e. The highest BCUT2D eigenvalue weighted by Gasteiger charge is 2.18. The maximum absolute atomic E-state index is 14.3. The number of nitrogens with zero attached hydrogens (tertiary/aromatic N) is 3. The second-order valence-corrected chi connectivity index (χ2v) is 6.13. The molecule has 1 aromatic heterocycles. The molecule has 0 radical (unpaired) electrons. The van der Waals surface area contributed by atoms with Crippen molar-refractivity contribution in [1.29, 1.82) is 0 Å². The Morgan fingerprint density at radius 2 is 1.88 bits per heavy atom. The van der Waals surface area contributed by atoms with Gasteiger partial charge in [0.05, 0.1) is 22.4 Å². The van der Waals surface area contributed by atoms with E-state index >= 15 is 0 Å². The molecule has 2 aliphatic rings. The molecule has 25 heavy (non-hydrogen) atoms. The fourth-order valence-electron chi connectivity index (χ4n) is 3.20. The number of fused-ring (bicyclic) bond motifs is 1. The lowest BCUT2D eigenvalue weighted by Crippen LogP contribution is -2.45. The number of aromatic nitrogens is 2. The minimum Gasteiger partial charge on any atom is -0.386 e. The highest BCUT2D eigenvalue weighted by Crippen LogP contribution is 2.19. The number of rotatable bonds is 4. The van der Waals surface area contributed by atoms with E-state index in [1.54, 1.807) is 18.5 Å². The van der Waals surface area contributed by atoms with Gasteiger partial charge in [0.15, 0.2) is 0 Å². The average molecular weight is 340 g/mol. The summed E-state index contributed by atoms with van der Waals surface area (Å²) in [5, 5.41) is 9.96. The van der Waals surface area contributed by atoms with Gasteiger partial charge in [-0.05, 0) is 12.1 Å². The molecule has 4 rings (SSSR count). The number of hydrogen-bond donors (Lipinski definition) is 3. The third-order valence-electron chi connectivity index (χ3n) is 4.50. The first-order valence-corrected chi connectivity index (χ1v) is 8.54. The molecule has 0 unspecified atom stereocenters. The number of dihydropyridines is 1. The molecule has 2 aliphatic heterocycles. The summed E-state index contributed by atoms with van der Waals surface area (Å²) in [6.07, 6.45) is 7.34. The molecular weight excluding hydrogens is 319 g/mol. The third kappa shape index (κ3) is 3.41. The molecule has 130 valence electrons. The van der Waals surface area contributed by atoms with Gasteiger partial charge in [0, 0.05) is 69.5 Å². The fraction of sp³-hybridized carbons (Fsp3) is 0.333. The highest BCUT2D eigenvalue weighted by atomic mass is 19.1. The van der Waals surface area contributed by atoms with Crippen LogP contribution in [-0.2, 0) is 6.54 Å². The van der Waals surface area contributed by atoms with Crippen LogP contribution in [0.4, 0.5) is 4.39 Å². The maximum atomic E-state index is 14.3. The van der Waals surface area contributed by atoms with Crippen LogP contribution in [0.3, 0.4) is 0 Å². The number of nitrogens with one attached hydrogen (secondary N) is 3. The molecule has 0 spiro atoms. The molecule has 0 bridgehead atoms. The van der Waals surface area contributed by atoms with E-state index in [2.05, 4.69) is 36.9 Å². The van der Waals surface area contributed by atoms with Gasteiger partial charge in [0.1, 0.15) is 5.82 Å². The summed E-state index contributed by atoms with van der Waals surface area (Å²) in [6.45, 7) is 5.13. The van der Waals surface area contributed by atoms with Crippen molar-refractivity contribution in [2.75, 3.05) is 32.7 Å². The quantitative estimate of drug-likeness (QED) is 0.774. The summed E-state index contributed by atoms with van der Waals surface area (Å²) in [7, 11) is 0. The summed E-state index contributed by atoms with van der Waals surface area (Å²) >= 11 is 0. The van der Waals surface area contributed by atoms with Crippen LogP contribution in [0.25, 0.3) is 11.0 Å². The largest absolute Gasteiger partial charge is 0.386 e. The zero-order chi connectivity index (χ0) is 17.1. The Kier molecular flexibility index (Phi) is 4.47. The average Bonchev–Trinajstić information content (AvgIpc) is 2.67. The van der Waals surface area contributed by atoms with Crippen molar-refractivity contribution in [2.24, 2.45) is 0 Å². The maximum Gasteiger partial charge on any atom is 0.130 e. The van der Waals surface area contributed by atoms with Gasteiger partial charge in [-0.1, -0.05) is 0 Å². The topological polar surface area (TPSA) is 65.1 Å². The SMILES string of the molecule is Fc1cc2nccnc2cc1CNC1=CNCC=C1N1CCNCC1. The van der Waals surface area contributed by atoms with Crippen molar-refractivity contribution in [1.82, 2.24) is 30.8 Å². The molecule has 1 saturated heterocycles. The summed E-state index contributed by atoms with van der Waals surface area (Å²) in [5.74, 6) is -0.266. The lowest BCUT2D eigenvalue weighted by Gasteiger charge is -2.34. The Labute approximate surface area is 145 Å². The van der Waals surface area contributed by atoms with E-state index in [1.165, 1.54) is 11.8 Å². The zero-order valence-electron chi connectivity index (χ0n) is 13.9. The molecule has 6 nitrogen and oxygen atoms in total. The van der Waals surface area contributed by atoms with Gasteiger partial charge in [0.25, 0.3) is 0 Å². The summed E-state index contributed by atoms with van der Waals surface area (Å²) in [4.78, 5) is 10.8. The molecule has 0 amide bonds. The van der Waals surface area contributed by atoms with E-state index in [1.807, 2.05) is 6.20 Å². The predicted octanol–water partition coefficient (Wildman–Crippen LogP) is 1.09. The predicted molar refractivity (Wildman–Crippen MR) is 94.9 cm³/mol. The van der Waals surface area contributed by atoms with Crippen molar-refractivity contribution < 1.29 is 4.39 Å². The zero-order valence-corrected chi connectivity index (χ0v) is 13.9. The molecule has 7 heteroatoms. The fourth-order valence-corrected chi connectivity index (χ4v) is 3.20. The van der Waals surface area contributed by atoms with Crippen LogP contribution in [0.2, 0.25) is 0 Å².